The number of carbonyl (C=O) groups excluding carboxylic acids is 1. The van der Waals surface area contributed by atoms with Crippen LogP contribution in [0.15, 0.2) is 60.7 Å². The first-order valence-corrected chi connectivity index (χ1v) is 10.8. The minimum atomic E-state index is -1.08. The third-order valence-corrected chi connectivity index (χ3v) is 4.47. The molecule has 0 aliphatic carbocycles. The van der Waals surface area contributed by atoms with Gasteiger partial charge in [-0.1, -0.05) is 30.3 Å². The Morgan fingerprint density at radius 2 is 1.71 bits per heavy atom. The first-order valence-electron chi connectivity index (χ1n) is 10.8. The zero-order chi connectivity index (χ0) is 24.7. The highest BCUT2D eigenvalue weighted by Crippen LogP contribution is 2.33. The molecule has 1 aromatic heterocycles. The number of alkyl carbamates (subject to hydrolysis) is 1. The number of benzene rings is 2. The Morgan fingerprint density at radius 1 is 0.971 bits per heavy atom. The van der Waals surface area contributed by atoms with Crippen molar-refractivity contribution < 1.29 is 28.9 Å². The Kier molecular flexibility index (Phi) is 7.73. The number of aromatic carboxylic acids is 1. The maximum absolute atomic E-state index is 12.0. The topological polar surface area (TPSA) is 107 Å². The summed E-state index contributed by atoms with van der Waals surface area (Å²) in [5.74, 6) is -0.238. The van der Waals surface area contributed by atoms with Crippen molar-refractivity contribution in [3.05, 3.63) is 83.0 Å². The monoisotopic (exact) mass is 464 g/mol. The van der Waals surface area contributed by atoms with Crippen molar-refractivity contribution in [2.45, 2.75) is 46.4 Å². The molecule has 3 aromatic rings. The lowest BCUT2D eigenvalue weighted by Crippen LogP contribution is -2.32. The van der Waals surface area contributed by atoms with Gasteiger partial charge in [0.15, 0.2) is 11.5 Å². The Balaban J connectivity index is 1.79. The smallest absolute Gasteiger partial charge is 0.407 e. The van der Waals surface area contributed by atoms with Crippen LogP contribution >= 0.6 is 0 Å². The number of nitrogens with one attached hydrogen (secondary N) is 1. The molecule has 0 spiro atoms. The van der Waals surface area contributed by atoms with Crippen LogP contribution in [0.25, 0.3) is 0 Å². The van der Waals surface area contributed by atoms with E-state index in [1.54, 1.807) is 39.8 Å². The lowest BCUT2D eigenvalue weighted by atomic mass is 10.2. The van der Waals surface area contributed by atoms with Gasteiger partial charge < -0.3 is 24.6 Å². The highest BCUT2D eigenvalue weighted by Gasteiger charge is 2.17. The van der Waals surface area contributed by atoms with Crippen LogP contribution in [0.5, 0.6) is 17.4 Å². The Morgan fingerprint density at radius 3 is 2.38 bits per heavy atom. The summed E-state index contributed by atoms with van der Waals surface area (Å²) >= 11 is 0. The molecule has 2 N–H and O–H groups in total. The number of rotatable bonds is 8. The maximum Gasteiger partial charge on any atom is 0.407 e. The highest BCUT2D eigenvalue weighted by atomic mass is 16.6. The van der Waals surface area contributed by atoms with E-state index in [4.69, 9.17) is 14.2 Å². The molecule has 0 radical (unpaired) electrons. The summed E-state index contributed by atoms with van der Waals surface area (Å²) in [4.78, 5) is 27.8. The van der Waals surface area contributed by atoms with E-state index < -0.39 is 17.7 Å². The number of hydrogen-bond donors (Lipinski definition) is 2. The molecule has 178 valence electrons. The summed E-state index contributed by atoms with van der Waals surface area (Å²) in [6.07, 6.45) is -0.532. The van der Waals surface area contributed by atoms with E-state index in [-0.39, 0.29) is 30.3 Å². The van der Waals surface area contributed by atoms with Crippen LogP contribution in [-0.4, -0.2) is 27.8 Å². The standard InChI is InChI=1S/C26H28N2O6/c1-17-12-19(15-27-25(31)34-26(2,3)4)13-23(28-17)33-22-14-20(24(29)30)10-11-21(22)32-16-18-8-6-5-7-9-18/h5-14H,15-16H2,1-4H3,(H,27,31)(H,29,30). The van der Waals surface area contributed by atoms with E-state index in [1.165, 1.54) is 12.1 Å². The summed E-state index contributed by atoms with van der Waals surface area (Å²) in [5, 5.41) is 12.1. The molecule has 0 atom stereocenters. The van der Waals surface area contributed by atoms with Gasteiger partial charge in [-0.3, -0.25) is 0 Å². The molecule has 34 heavy (non-hydrogen) atoms. The van der Waals surface area contributed by atoms with Crippen molar-refractivity contribution in [1.82, 2.24) is 10.3 Å². The molecule has 0 bridgehead atoms. The van der Waals surface area contributed by atoms with Crippen molar-refractivity contribution in [1.29, 1.82) is 0 Å². The minimum Gasteiger partial charge on any atom is -0.485 e. The molecule has 0 fully saturated rings. The fourth-order valence-electron chi connectivity index (χ4n) is 3.04. The van der Waals surface area contributed by atoms with Crippen molar-refractivity contribution in [3.8, 4) is 17.4 Å². The summed E-state index contributed by atoms with van der Waals surface area (Å²) in [6, 6.07) is 17.5. The second-order valence-corrected chi connectivity index (χ2v) is 8.65. The molecule has 8 nitrogen and oxygen atoms in total. The number of aryl methyl sites for hydroxylation is 1. The van der Waals surface area contributed by atoms with Crippen molar-refractivity contribution in [2.24, 2.45) is 0 Å². The van der Waals surface area contributed by atoms with Gasteiger partial charge in [0.1, 0.15) is 12.2 Å². The first kappa shape index (κ1) is 24.6. The van der Waals surface area contributed by atoms with Gasteiger partial charge in [0.05, 0.1) is 5.56 Å². The number of pyridine rings is 1. The predicted octanol–water partition coefficient (Wildman–Crippen LogP) is 5.48. The Bertz CT molecular complexity index is 1160. The molecule has 8 heteroatoms. The summed E-state index contributed by atoms with van der Waals surface area (Å²) in [5.41, 5.74) is 1.83. The van der Waals surface area contributed by atoms with Crippen LogP contribution in [0.1, 0.15) is 48.0 Å². The molecule has 0 saturated carbocycles. The lowest BCUT2D eigenvalue weighted by molar-refractivity contribution is 0.0522. The summed E-state index contributed by atoms with van der Waals surface area (Å²) in [7, 11) is 0. The Hall–Kier alpha value is -4.07. The fourth-order valence-corrected chi connectivity index (χ4v) is 3.04. The first-order chi connectivity index (χ1) is 16.1. The van der Waals surface area contributed by atoms with E-state index in [9.17, 15) is 14.7 Å². The molecule has 0 aliphatic rings. The van der Waals surface area contributed by atoms with Crippen molar-refractivity contribution >= 4 is 12.1 Å². The average Bonchev–Trinajstić information content (AvgIpc) is 2.76. The predicted molar refractivity (Wildman–Crippen MR) is 126 cm³/mol. The van der Waals surface area contributed by atoms with Crippen molar-refractivity contribution in [2.75, 3.05) is 0 Å². The Labute approximate surface area is 198 Å². The highest BCUT2D eigenvalue weighted by molar-refractivity contribution is 5.88. The van der Waals surface area contributed by atoms with Crippen LogP contribution in [0.3, 0.4) is 0 Å². The number of hydrogen-bond acceptors (Lipinski definition) is 6. The fraction of sp³-hybridized carbons (Fsp3) is 0.269. The zero-order valence-electron chi connectivity index (χ0n) is 19.6. The SMILES string of the molecule is Cc1cc(CNC(=O)OC(C)(C)C)cc(Oc2cc(C(=O)O)ccc2OCc2ccccc2)n1. The van der Waals surface area contributed by atoms with E-state index in [0.717, 1.165) is 11.1 Å². The van der Waals surface area contributed by atoms with Gasteiger partial charge in [0.2, 0.25) is 5.88 Å². The van der Waals surface area contributed by atoms with Crippen LogP contribution < -0.4 is 14.8 Å². The molecular weight excluding hydrogens is 436 g/mol. The third kappa shape index (κ3) is 7.51. The maximum atomic E-state index is 12.0. The second kappa shape index (κ2) is 10.7. The van der Waals surface area contributed by atoms with Crippen LogP contribution in [0.2, 0.25) is 0 Å². The number of carboxylic acids is 1. The summed E-state index contributed by atoms with van der Waals surface area (Å²) in [6.45, 7) is 7.66. The van der Waals surface area contributed by atoms with Crippen molar-refractivity contribution in [3.63, 3.8) is 0 Å². The number of amides is 1. The van der Waals surface area contributed by atoms with Gasteiger partial charge in [0.25, 0.3) is 0 Å². The molecule has 0 aliphatic heterocycles. The van der Waals surface area contributed by atoms with Gasteiger partial charge in [-0.05, 0) is 63.1 Å². The molecule has 3 rings (SSSR count). The second-order valence-electron chi connectivity index (χ2n) is 8.65. The summed E-state index contributed by atoms with van der Waals surface area (Å²) < 4.78 is 17.1. The molecule has 1 amide bonds. The van der Waals surface area contributed by atoms with E-state index in [0.29, 0.717) is 11.4 Å². The quantitative estimate of drug-likeness (QED) is 0.454. The number of ether oxygens (including phenoxy) is 3. The molecule has 2 aromatic carbocycles. The van der Waals surface area contributed by atoms with Gasteiger partial charge in [-0.25, -0.2) is 14.6 Å². The molecule has 0 unspecified atom stereocenters. The van der Waals surface area contributed by atoms with Gasteiger partial charge in [-0.15, -0.1) is 0 Å². The normalized spacial score (nSPS) is 10.9. The molecular formula is C26H28N2O6. The molecule has 1 heterocycles. The van der Waals surface area contributed by atoms with Crippen LogP contribution in [-0.2, 0) is 17.9 Å². The van der Waals surface area contributed by atoms with E-state index in [1.807, 2.05) is 36.4 Å². The number of nitrogens with zero attached hydrogens (tertiary/aromatic N) is 1. The number of carboxylic acid groups (broad SMARTS) is 1. The van der Waals surface area contributed by atoms with E-state index in [2.05, 4.69) is 10.3 Å². The minimum absolute atomic E-state index is 0.0570. The van der Waals surface area contributed by atoms with Crippen LogP contribution in [0.4, 0.5) is 4.79 Å². The third-order valence-electron chi connectivity index (χ3n) is 4.47. The molecule has 0 saturated heterocycles. The number of carbonyl (C=O) groups is 2. The zero-order valence-corrected chi connectivity index (χ0v) is 19.6. The largest absolute Gasteiger partial charge is 0.485 e. The van der Waals surface area contributed by atoms with Gasteiger partial charge in [-0.2, -0.15) is 0 Å². The van der Waals surface area contributed by atoms with Crippen LogP contribution in [0, 0.1) is 6.92 Å². The lowest BCUT2D eigenvalue weighted by Gasteiger charge is -2.19. The average molecular weight is 465 g/mol. The van der Waals surface area contributed by atoms with Gasteiger partial charge in [0, 0.05) is 18.3 Å². The van der Waals surface area contributed by atoms with E-state index >= 15 is 0 Å². The number of aromatic nitrogens is 1. The van der Waals surface area contributed by atoms with Gasteiger partial charge >= 0.3 is 12.1 Å².